The molecule has 86 valence electrons. The van der Waals surface area contributed by atoms with Crippen molar-refractivity contribution in [2.75, 3.05) is 5.73 Å². The number of hydrogen-bond donors (Lipinski definition) is 2. The minimum atomic E-state index is -0.527. The third-order valence-electron chi connectivity index (χ3n) is 2.16. The van der Waals surface area contributed by atoms with E-state index < -0.39 is 5.91 Å². The van der Waals surface area contributed by atoms with Crippen LogP contribution in [-0.4, -0.2) is 10.9 Å². The fourth-order valence-electron chi connectivity index (χ4n) is 1.31. The minimum absolute atomic E-state index is 0.345. The van der Waals surface area contributed by atoms with Gasteiger partial charge in [0, 0.05) is 11.8 Å². The van der Waals surface area contributed by atoms with Crippen LogP contribution in [0.15, 0.2) is 42.7 Å². The van der Waals surface area contributed by atoms with Gasteiger partial charge in [0.25, 0.3) is 0 Å². The summed E-state index contributed by atoms with van der Waals surface area (Å²) in [6.45, 7) is 0. The van der Waals surface area contributed by atoms with Gasteiger partial charge >= 0.3 is 0 Å². The van der Waals surface area contributed by atoms with E-state index in [1.807, 2.05) is 0 Å². The highest BCUT2D eigenvalue weighted by atomic mass is 16.5. The zero-order valence-electron chi connectivity index (χ0n) is 8.96. The van der Waals surface area contributed by atoms with Crippen LogP contribution in [0, 0.1) is 0 Å². The molecular formula is C12H11N3O2. The smallest absolute Gasteiger partial charge is 0.248 e. The number of nitrogens with zero attached hydrogens (tertiary/aromatic N) is 1. The van der Waals surface area contributed by atoms with Gasteiger partial charge in [0.05, 0.1) is 11.9 Å². The van der Waals surface area contributed by atoms with Crippen molar-refractivity contribution >= 4 is 11.6 Å². The number of benzene rings is 1. The van der Waals surface area contributed by atoms with Crippen molar-refractivity contribution in [1.29, 1.82) is 0 Å². The molecule has 5 heteroatoms. The summed E-state index contributed by atoms with van der Waals surface area (Å²) in [6.07, 6.45) is 3.19. The number of rotatable bonds is 3. The molecule has 1 aromatic heterocycles. The Kier molecular flexibility index (Phi) is 2.91. The molecule has 0 atom stereocenters. The maximum absolute atomic E-state index is 11.0. The molecule has 0 aliphatic heterocycles. The van der Waals surface area contributed by atoms with Crippen LogP contribution in [0.2, 0.25) is 0 Å². The van der Waals surface area contributed by atoms with Crippen LogP contribution in [0.1, 0.15) is 10.4 Å². The fraction of sp³-hybridized carbons (Fsp3) is 0. The number of aromatic nitrogens is 1. The van der Waals surface area contributed by atoms with Gasteiger partial charge in [-0.05, 0) is 30.3 Å². The van der Waals surface area contributed by atoms with Crippen molar-refractivity contribution in [2.45, 2.75) is 0 Å². The zero-order valence-corrected chi connectivity index (χ0v) is 8.96. The summed E-state index contributed by atoms with van der Waals surface area (Å²) in [5, 5.41) is 0. The molecule has 0 aliphatic rings. The first-order valence-corrected chi connectivity index (χ1v) is 4.94. The molecule has 0 fully saturated rings. The summed E-state index contributed by atoms with van der Waals surface area (Å²) < 4.78 is 5.50. The van der Waals surface area contributed by atoms with E-state index in [2.05, 4.69) is 4.98 Å². The van der Waals surface area contributed by atoms with Gasteiger partial charge in [0.2, 0.25) is 5.91 Å². The van der Waals surface area contributed by atoms with Gasteiger partial charge in [0.15, 0.2) is 5.75 Å². The normalized spacial score (nSPS) is 9.88. The van der Waals surface area contributed by atoms with Gasteiger partial charge in [-0.1, -0.05) is 0 Å². The lowest BCUT2D eigenvalue weighted by Crippen LogP contribution is -2.11. The number of hydrogen-bond acceptors (Lipinski definition) is 4. The average molecular weight is 229 g/mol. The standard InChI is InChI=1S/C12H11N3O2/c13-10-4-3-8(12(14)16)6-11(10)17-9-2-1-5-15-7-9/h1-7H,13H2,(H2,14,16). The minimum Gasteiger partial charge on any atom is -0.454 e. The predicted octanol–water partition coefficient (Wildman–Crippen LogP) is 1.56. The van der Waals surface area contributed by atoms with Gasteiger partial charge in [-0.15, -0.1) is 0 Å². The van der Waals surface area contributed by atoms with E-state index in [0.717, 1.165) is 0 Å². The quantitative estimate of drug-likeness (QED) is 0.781. The van der Waals surface area contributed by atoms with Crippen molar-refractivity contribution in [1.82, 2.24) is 4.98 Å². The summed E-state index contributed by atoms with van der Waals surface area (Å²) in [6, 6.07) is 8.11. The lowest BCUT2D eigenvalue weighted by Gasteiger charge is -2.08. The van der Waals surface area contributed by atoms with Gasteiger partial charge < -0.3 is 16.2 Å². The Morgan fingerprint density at radius 1 is 1.29 bits per heavy atom. The second kappa shape index (κ2) is 4.52. The van der Waals surface area contributed by atoms with Crippen LogP contribution in [0.5, 0.6) is 11.5 Å². The molecule has 17 heavy (non-hydrogen) atoms. The molecule has 0 radical (unpaired) electrons. The average Bonchev–Trinajstić information content (AvgIpc) is 2.33. The Morgan fingerprint density at radius 3 is 2.76 bits per heavy atom. The second-order valence-electron chi connectivity index (χ2n) is 3.41. The Labute approximate surface area is 98.0 Å². The zero-order chi connectivity index (χ0) is 12.3. The molecule has 0 aliphatic carbocycles. The van der Waals surface area contributed by atoms with E-state index in [1.54, 1.807) is 36.7 Å². The van der Waals surface area contributed by atoms with E-state index in [-0.39, 0.29) is 0 Å². The fourth-order valence-corrected chi connectivity index (χ4v) is 1.31. The van der Waals surface area contributed by atoms with E-state index in [1.165, 1.54) is 6.07 Å². The molecule has 0 unspecified atom stereocenters. The first-order valence-electron chi connectivity index (χ1n) is 4.94. The number of nitrogens with two attached hydrogens (primary N) is 2. The molecular weight excluding hydrogens is 218 g/mol. The SMILES string of the molecule is NC(=O)c1ccc(N)c(Oc2cccnc2)c1. The topological polar surface area (TPSA) is 91.2 Å². The summed E-state index contributed by atoms with van der Waals surface area (Å²) in [5.74, 6) is 0.399. The number of primary amides is 1. The molecule has 2 rings (SSSR count). The summed E-state index contributed by atoms with van der Waals surface area (Å²) in [4.78, 5) is 14.9. The van der Waals surface area contributed by atoms with Crippen LogP contribution < -0.4 is 16.2 Å². The highest BCUT2D eigenvalue weighted by Crippen LogP contribution is 2.27. The first kappa shape index (κ1) is 10.9. The maximum Gasteiger partial charge on any atom is 0.248 e. The van der Waals surface area contributed by atoms with Crippen molar-refractivity contribution in [2.24, 2.45) is 5.73 Å². The molecule has 0 bridgehead atoms. The van der Waals surface area contributed by atoms with Gasteiger partial charge in [-0.25, -0.2) is 0 Å². The van der Waals surface area contributed by atoms with Crippen molar-refractivity contribution < 1.29 is 9.53 Å². The van der Waals surface area contributed by atoms with E-state index >= 15 is 0 Å². The molecule has 1 aromatic carbocycles. The number of nitrogen functional groups attached to an aromatic ring is 1. The Bertz CT molecular complexity index is 541. The van der Waals surface area contributed by atoms with Gasteiger partial charge in [0.1, 0.15) is 5.75 Å². The molecule has 0 saturated carbocycles. The number of carbonyl (C=O) groups is 1. The molecule has 1 heterocycles. The van der Waals surface area contributed by atoms with Crippen LogP contribution in [-0.2, 0) is 0 Å². The number of anilines is 1. The lowest BCUT2D eigenvalue weighted by molar-refractivity contribution is 0.1000. The van der Waals surface area contributed by atoms with Gasteiger partial charge in [-0.3, -0.25) is 9.78 Å². The molecule has 2 aromatic rings. The van der Waals surface area contributed by atoms with Crippen molar-refractivity contribution in [3.8, 4) is 11.5 Å². The Hall–Kier alpha value is -2.56. The second-order valence-corrected chi connectivity index (χ2v) is 3.41. The predicted molar refractivity (Wildman–Crippen MR) is 63.7 cm³/mol. The highest BCUT2D eigenvalue weighted by Gasteiger charge is 2.07. The summed E-state index contributed by atoms with van der Waals surface area (Å²) >= 11 is 0. The van der Waals surface area contributed by atoms with Crippen LogP contribution >= 0.6 is 0 Å². The summed E-state index contributed by atoms with van der Waals surface area (Å²) in [5.41, 5.74) is 11.7. The highest BCUT2D eigenvalue weighted by molar-refractivity contribution is 5.93. The lowest BCUT2D eigenvalue weighted by atomic mass is 10.2. The van der Waals surface area contributed by atoms with Crippen molar-refractivity contribution in [3.05, 3.63) is 48.3 Å². The number of carbonyl (C=O) groups excluding carboxylic acids is 1. The van der Waals surface area contributed by atoms with Crippen molar-refractivity contribution in [3.63, 3.8) is 0 Å². The van der Waals surface area contributed by atoms with E-state index in [9.17, 15) is 4.79 Å². The summed E-state index contributed by atoms with van der Waals surface area (Å²) in [7, 11) is 0. The number of pyridine rings is 1. The number of ether oxygens (including phenoxy) is 1. The largest absolute Gasteiger partial charge is 0.454 e. The molecule has 1 amide bonds. The van der Waals surface area contributed by atoms with Crippen LogP contribution in [0.25, 0.3) is 0 Å². The first-order chi connectivity index (χ1) is 8.16. The van der Waals surface area contributed by atoms with E-state index in [0.29, 0.717) is 22.7 Å². The third kappa shape index (κ3) is 2.52. The molecule has 4 N–H and O–H groups in total. The molecule has 0 spiro atoms. The molecule has 0 saturated heterocycles. The third-order valence-corrected chi connectivity index (χ3v) is 2.16. The van der Waals surface area contributed by atoms with E-state index in [4.69, 9.17) is 16.2 Å². The Morgan fingerprint density at radius 2 is 2.12 bits per heavy atom. The number of amides is 1. The maximum atomic E-state index is 11.0. The van der Waals surface area contributed by atoms with Crippen LogP contribution in [0.4, 0.5) is 5.69 Å². The Balaban J connectivity index is 2.32. The monoisotopic (exact) mass is 229 g/mol. The molecule has 5 nitrogen and oxygen atoms in total. The van der Waals surface area contributed by atoms with Crippen LogP contribution in [0.3, 0.4) is 0 Å². The van der Waals surface area contributed by atoms with Gasteiger partial charge in [-0.2, -0.15) is 0 Å².